The van der Waals surface area contributed by atoms with Crippen molar-refractivity contribution in [1.82, 2.24) is 5.12 Å². The molecule has 0 aliphatic carbocycles. The lowest BCUT2D eigenvalue weighted by Gasteiger charge is -2.21. The van der Waals surface area contributed by atoms with Crippen LogP contribution in [0.25, 0.3) is 0 Å². The van der Waals surface area contributed by atoms with Crippen LogP contribution in [0.5, 0.6) is 0 Å². The first-order valence-corrected chi connectivity index (χ1v) is 5.00. The molecule has 1 aliphatic heterocycles. The first kappa shape index (κ1) is 12.0. The fourth-order valence-electron chi connectivity index (χ4n) is 0.912. The Hall–Kier alpha value is -1.09. The summed E-state index contributed by atoms with van der Waals surface area (Å²) >= 11 is 0. The number of halogens is 4. The number of rotatable bonds is 1. The lowest BCUT2D eigenvalue weighted by Crippen LogP contribution is -2.33. The second-order valence-corrected chi connectivity index (χ2v) is 4.20. The van der Waals surface area contributed by atoms with Gasteiger partial charge in [-0.05, 0) is 12.2 Å². The van der Waals surface area contributed by atoms with Crippen molar-refractivity contribution in [2.75, 3.05) is 0 Å². The molecule has 0 fully saturated rings. The minimum atomic E-state index is -4.79. The van der Waals surface area contributed by atoms with Gasteiger partial charge in [0.05, 0.1) is 5.57 Å². The summed E-state index contributed by atoms with van der Waals surface area (Å²) in [5.74, 6) is 0. The molecule has 9 heteroatoms. The molecule has 0 radical (unpaired) electrons. The summed E-state index contributed by atoms with van der Waals surface area (Å²) in [6.07, 6.45) is -4.03. The zero-order valence-electron chi connectivity index (χ0n) is 6.94. The molecular weight excluding hydrogens is 242 g/mol. The highest BCUT2D eigenvalue weighted by Gasteiger charge is 2.38. The molecule has 1 unspecified atom stereocenters. The Balaban J connectivity index is 3.00. The first-order valence-electron chi connectivity index (χ1n) is 3.50. The Bertz CT molecular complexity index is 411. The van der Waals surface area contributed by atoms with Crippen LogP contribution in [-0.4, -0.2) is 29.6 Å². The summed E-state index contributed by atoms with van der Waals surface area (Å²) in [6.45, 7) is 0. The molecule has 1 heterocycles. The van der Waals surface area contributed by atoms with Gasteiger partial charge in [-0.3, -0.25) is 4.55 Å². The highest BCUT2D eigenvalue weighted by Crippen LogP contribution is 2.30. The highest BCUT2D eigenvalue weighted by atomic mass is 32.2. The molecule has 0 spiro atoms. The van der Waals surface area contributed by atoms with Crippen molar-refractivity contribution in [2.45, 2.75) is 11.6 Å². The smallest absolute Gasteiger partial charge is 0.284 e. The van der Waals surface area contributed by atoms with Crippen LogP contribution in [0.15, 0.2) is 23.9 Å². The maximum absolute atomic E-state index is 12.8. The molecule has 1 N–H and O–H groups in total. The van der Waals surface area contributed by atoms with Crippen LogP contribution in [0.2, 0.25) is 0 Å². The molecule has 0 saturated carbocycles. The van der Waals surface area contributed by atoms with Crippen molar-refractivity contribution in [2.24, 2.45) is 0 Å². The molecule has 1 aliphatic rings. The molecule has 4 nitrogen and oxygen atoms in total. The normalized spacial score (nSPS) is 22.9. The lowest BCUT2D eigenvalue weighted by molar-refractivity contribution is -0.0918. The molecule has 0 aromatic carbocycles. The van der Waals surface area contributed by atoms with Crippen molar-refractivity contribution >= 4 is 10.1 Å². The van der Waals surface area contributed by atoms with E-state index in [0.717, 1.165) is 0 Å². The zero-order chi connectivity index (χ0) is 11.9. The third kappa shape index (κ3) is 2.69. The third-order valence-electron chi connectivity index (χ3n) is 1.58. The van der Waals surface area contributed by atoms with Gasteiger partial charge in [0.15, 0.2) is 0 Å². The van der Waals surface area contributed by atoms with Crippen LogP contribution in [0, 0.1) is 0 Å². The van der Waals surface area contributed by atoms with Crippen molar-refractivity contribution in [1.29, 1.82) is 0 Å². The lowest BCUT2D eigenvalue weighted by atomic mass is 10.2. The monoisotopic (exact) mass is 247 g/mol. The SMILES string of the molecule is O=S(=O)(O)C1C=CC(C(F)(F)F)=CN1F. The van der Waals surface area contributed by atoms with Crippen LogP contribution in [-0.2, 0) is 10.1 Å². The minimum absolute atomic E-state index is 0.0432. The van der Waals surface area contributed by atoms with Crippen LogP contribution >= 0.6 is 0 Å². The van der Waals surface area contributed by atoms with Gasteiger partial charge in [-0.25, -0.2) is 0 Å². The average Bonchev–Trinajstić information content (AvgIpc) is 1.99. The highest BCUT2D eigenvalue weighted by molar-refractivity contribution is 7.86. The summed E-state index contributed by atoms with van der Waals surface area (Å²) < 4.78 is 78.2. The maximum Gasteiger partial charge on any atom is 0.417 e. The van der Waals surface area contributed by atoms with Gasteiger partial charge in [0.1, 0.15) is 0 Å². The van der Waals surface area contributed by atoms with Crippen LogP contribution in [0.4, 0.5) is 17.7 Å². The van der Waals surface area contributed by atoms with Gasteiger partial charge < -0.3 is 0 Å². The fraction of sp³-hybridized carbons (Fsp3) is 0.333. The van der Waals surface area contributed by atoms with E-state index in [1.807, 2.05) is 0 Å². The van der Waals surface area contributed by atoms with Gasteiger partial charge in [-0.2, -0.15) is 26.7 Å². The predicted molar refractivity (Wildman–Crippen MR) is 41.6 cm³/mol. The molecule has 0 saturated heterocycles. The van der Waals surface area contributed by atoms with Gasteiger partial charge in [0.2, 0.25) is 5.37 Å². The van der Waals surface area contributed by atoms with E-state index in [-0.39, 0.29) is 6.20 Å². The van der Waals surface area contributed by atoms with Crippen LogP contribution in [0.3, 0.4) is 0 Å². The topological polar surface area (TPSA) is 57.6 Å². The maximum atomic E-state index is 12.8. The molecular formula is C6H5F4NO3S. The minimum Gasteiger partial charge on any atom is -0.284 e. The average molecular weight is 247 g/mol. The quantitative estimate of drug-likeness (QED) is 0.432. The third-order valence-corrected chi connectivity index (χ3v) is 2.55. The predicted octanol–water partition coefficient (Wildman–Crippen LogP) is 1.40. The molecule has 0 bridgehead atoms. The molecule has 1 rings (SSSR count). The van der Waals surface area contributed by atoms with Crippen LogP contribution < -0.4 is 0 Å². The van der Waals surface area contributed by atoms with Crippen molar-refractivity contribution in [3.05, 3.63) is 23.9 Å². The summed E-state index contributed by atoms with van der Waals surface area (Å²) in [4.78, 5) is 0. The first-order chi connectivity index (χ1) is 6.62. The van der Waals surface area contributed by atoms with Gasteiger partial charge in [-0.15, -0.1) is 0 Å². The van der Waals surface area contributed by atoms with E-state index in [1.165, 1.54) is 0 Å². The molecule has 15 heavy (non-hydrogen) atoms. The number of alkyl halides is 3. The number of nitrogens with zero attached hydrogens (tertiary/aromatic N) is 1. The Morgan fingerprint density at radius 3 is 2.27 bits per heavy atom. The number of hydrogen-bond donors (Lipinski definition) is 1. The van der Waals surface area contributed by atoms with E-state index in [4.69, 9.17) is 4.55 Å². The van der Waals surface area contributed by atoms with E-state index < -0.39 is 32.4 Å². The summed E-state index contributed by atoms with van der Waals surface area (Å²) in [5.41, 5.74) is -1.34. The van der Waals surface area contributed by atoms with E-state index in [0.29, 0.717) is 12.2 Å². The number of allylic oxidation sites excluding steroid dienone is 2. The molecule has 0 aromatic heterocycles. The van der Waals surface area contributed by atoms with Gasteiger partial charge in [0.25, 0.3) is 10.1 Å². The Morgan fingerprint density at radius 2 is 1.93 bits per heavy atom. The van der Waals surface area contributed by atoms with Crippen molar-refractivity contribution in [3.63, 3.8) is 0 Å². The Labute approximate surface area is 82.2 Å². The molecule has 86 valence electrons. The van der Waals surface area contributed by atoms with Gasteiger partial charge >= 0.3 is 6.18 Å². The fourth-order valence-corrected chi connectivity index (χ4v) is 1.50. The van der Waals surface area contributed by atoms with Gasteiger partial charge in [-0.1, -0.05) is 4.48 Å². The van der Waals surface area contributed by atoms with Crippen LogP contribution in [0.1, 0.15) is 0 Å². The van der Waals surface area contributed by atoms with E-state index in [1.54, 1.807) is 0 Å². The van der Waals surface area contributed by atoms with E-state index in [9.17, 15) is 26.1 Å². The molecule has 1 atom stereocenters. The summed E-state index contributed by atoms with van der Waals surface area (Å²) in [5, 5.41) is -2.86. The molecule has 0 aromatic rings. The molecule has 0 amide bonds. The van der Waals surface area contributed by atoms with Crippen molar-refractivity contribution < 1.29 is 30.6 Å². The standard InChI is InChI=1S/C6H5F4NO3S/c7-6(8,9)4-1-2-5(11(10)3-4)15(12,13)14/h1-3,5H,(H,12,13,14). The van der Waals surface area contributed by atoms with E-state index >= 15 is 0 Å². The van der Waals surface area contributed by atoms with E-state index in [2.05, 4.69) is 0 Å². The zero-order valence-corrected chi connectivity index (χ0v) is 7.76. The Kier molecular flexibility index (Phi) is 2.79. The summed E-state index contributed by atoms with van der Waals surface area (Å²) in [7, 11) is -4.79. The second kappa shape index (κ2) is 3.49. The largest absolute Gasteiger partial charge is 0.417 e. The van der Waals surface area contributed by atoms with Gasteiger partial charge in [0, 0.05) is 6.20 Å². The Morgan fingerprint density at radius 1 is 1.40 bits per heavy atom. The van der Waals surface area contributed by atoms with Crippen molar-refractivity contribution in [3.8, 4) is 0 Å². The summed E-state index contributed by atoms with van der Waals surface area (Å²) in [6, 6.07) is 0. The second-order valence-electron chi connectivity index (χ2n) is 2.69. The number of hydrogen-bond acceptors (Lipinski definition) is 3.